The number of alkyl halides is 3. The van der Waals surface area contributed by atoms with Gasteiger partial charge in [0.25, 0.3) is 0 Å². The fraction of sp³-hybridized carbons (Fsp3) is 0.647. The Morgan fingerprint density at radius 1 is 1.08 bits per heavy atom. The van der Waals surface area contributed by atoms with Gasteiger partial charge in [-0.15, -0.1) is 12.4 Å². The lowest BCUT2D eigenvalue weighted by Crippen LogP contribution is -2.47. The molecule has 1 aliphatic heterocycles. The first-order chi connectivity index (χ1) is 11.0. The topological polar surface area (TPSA) is 15.3 Å². The Hall–Kier alpha value is -0.850. The summed E-state index contributed by atoms with van der Waals surface area (Å²) in [6.07, 6.45) is -0.216. The number of nitrogens with one attached hydrogen (secondary N) is 1. The molecule has 1 atom stereocenters. The molecule has 2 aliphatic rings. The van der Waals surface area contributed by atoms with E-state index in [1.807, 2.05) is 0 Å². The molecule has 2 nitrogen and oxygen atoms in total. The van der Waals surface area contributed by atoms with Crippen LogP contribution in [0.5, 0.6) is 0 Å². The van der Waals surface area contributed by atoms with E-state index in [-0.39, 0.29) is 18.4 Å². The summed E-state index contributed by atoms with van der Waals surface area (Å²) in [6.45, 7) is 3.29. The smallest absolute Gasteiger partial charge is 0.314 e. The van der Waals surface area contributed by atoms with Crippen LogP contribution in [0, 0.1) is 11.7 Å². The molecule has 1 aromatic carbocycles. The standard InChI is InChI=1S/C17H22F4N2.ClH/c18-15-11-13(17(19,20)21)5-6-14(15)16(12-3-1-2-4-12)23-9-7-22-8-10-23;/h5-6,11-12,16,22H,1-4,7-10H2;1H/t16-;/m0./s1. The minimum atomic E-state index is -4.50. The lowest BCUT2D eigenvalue weighted by atomic mass is 9.89. The van der Waals surface area contributed by atoms with Gasteiger partial charge in [0, 0.05) is 37.8 Å². The molecule has 136 valence electrons. The molecule has 1 N–H and O–H groups in total. The highest BCUT2D eigenvalue weighted by molar-refractivity contribution is 5.85. The molecular weight excluding hydrogens is 344 g/mol. The Balaban J connectivity index is 0.00000208. The second-order valence-electron chi connectivity index (χ2n) is 6.51. The van der Waals surface area contributed by atoms with Crippen LogP contribution >= 0.6 is 12.4 Å². The Morgan fingerprint density at radius 3 is 2.25 bits per heavy atom. The maximum absolute atomic E-state index is 14.5. The summed E-state index contributed by atoms with van der Waals surface area (Å²) in [5, 5.41) is 3.27. The Labute approximate surface area is 146 Å². The first-order valence-electron chi connectivity index (χ1n) is 8.28. The van der Waals surface area contributed by atoms with Gasteiger partial charge in [-0.2, -0.15) is 13.2 Å². The van der Waals surface area contributed by atoms with Gasteiger partial charge in [-0.1, -0.05) is 18.9 Å². The highest BCUT2D eigenvalue weighted by Gasteiger charge is 2.36. The zero-order valence-electron chi connectivity index (χ0n) is 13.4. The number of rotatable bonds is 3. The van der Waals surface area contributed by atoms with E-state index >= 15 is 0 Å². The van der Waals surface area contributed by atoms with Crippen LogP contribution in [-0.2, 0) is 6.18 Å². The Morgan fingerprint density at radius 2 is 1.71 bits per heavy atom. The fourth-order valence-electron chi connectivity index (χ4n) is 3.93. The van der Waals surface area contributed by atoms with Crippen molar-refractivity contribution in [3.63, 3.8) is 0 Å². The van der Waals surface area contributed by atoms with Gasteiger partial charge in [0.1, 0.15) is 5.82 Å². The monoisotopic (exact) mass is 366 g/mol. The summed E-state index contributed by atoms with van der Waals surface area (Å²) in [7, 11) is 0. The molecule has 1 heterocycles. The number of benzene rings is 1. The summed E-state index contributed by atoms with van der Waals surface area (Å²) in [6, 6.07) is 2.91. The van der Waals surface area contributed by atoms with Crippen molar-refractivity contribution < 1.29 is 17.6 Å². The number of hydrogen-bond acceptors (Lipinski definition) is 2. The summed E-state index contributed by atoms with van der Waals surface area (Å²) in [5.41, 5.74) is -0.490. The fourth-order valence-corrected chi connectivity index (χ4v) is 3.93. The second-order valence-corrected chi connectivity index (χ2v) is 6.51. The summed E-state index contributed by atoms with van der Waals surface area (Å²) in [5.74, 6) is -0.394. The highest BCUT2D eigenvalue weighted by atomic mass is 35.5. The van der Waals surface area contributed by atoms with Gasteiger partial charge in [-0.25, -0.2) is 4.39 Å². The zero-order chi connectivity index (χ0) is 16.4. The van der Waals surface area contributed by atoms with Crippen LogP contribution in [0.1, 0.15) is 42.9 Å². The van der Waals surface area contributed by atoms with E-state index in [0.717, 1.165) is 57.9 Å². The second kappa shape index (κ2) is 8.02. The van der Waals surface area contributed by atoms with E-state index in [4.69, 9.17) is 0 Å². The minimum Gasteiger partial charge on any atom is -0.314 e. The summed E-state index contributed by atoms with van der Waals surface area (Å²) >= 11 is 0. The van der Waals surface area contributed by atoms with Crippen molar-refractivity contribution in [3.8, 4) is 0 Å². The largest absolute Gasteiger partial charge is 0.416 e. The predicted molar refractivity (Wildman–Crippen MR) is 87.8 cm³/mol. The molecule has 1 aliphatic carbocycles. The third-order valence-electron chi connectivity index (χ3n) is 5.04. The third kappa shape index (κ3) is 4.21. The van der Waals surface area contributed by atoms with Crippen LogP contribution in [0.4, 0.5) is 17.6 Å². The molecule has 1 saturated carbocycles. The van der Waals surface area contributed by atoms with E-state index < -0.39 is 17.6 Å². The summed E-state index contributed by atoms with van der Waals surface area (Å²) < 4.78 is 52.8. The highest BCUT2D eigenvalue weighted by Crippen LogP contribution is 2.41. The Bertz CT molecular complexity index is 538. The van der Waals surface area contributed by atoms with E-state index in [1.165, 1.54) is 6.07 Å². The first-order valence-corrected chi connectivity index (χ1v) is 8.28. The minimum absolute atomic E-state index is 0. The number of halogens is 5. The van der Waals surface area contributed by atoms with Crippen LogP contribution in [0.15, 0.2) is 18.2 Å². The van der Waals surface area contributed by atoms with Crippen molar-refractivity contribution in [3.05, 3.63) is 35.1 Å². The Kier molecular flexibility index (Phi) is 6.51. The van der Waals surface area contributed by atoms with Gasteiger partial charge in [0.2, 0.25) is 0 Å². The molecular formula is C17H23ClF4N2. The molecule has 0 unspecified atom stereocenters. The van der Waals surface area contributed by atoms with Gasteiger partial charge in [0.05, 0.1) is 5.56 Å². The van der Waals surface area contributed by atoms with Crippen LogP contribution in [0.25, 0.3) is 0 Å². The van der Waals surface area contributed by atoms with Crippen molar-refractivity contribution in [2.24, 2.45) is 5.92 Å². The average molecular weight is 367 g/mol. The lowest BCUT2D eigenvalue weighted by molar-refractivity contribution is -0.137. The third-order valence-corrected chi connectivity index (χ3v) is 5.04. The molecule has 2 fully saturated rings. The van der Waals surface area contributed by atoms with E-state index in [1.54, 1.807) is 0 Å². The molecule has 7 heteroatoms. The number of nitrogens with zero attached hydrogens (tertiary/aromatic N) is 1. The van der Waals surface area contributed by atoms with Crippen molar-refractivity contribution in [2.75, 3.05) is 26.2 Å². The molecule has 0 bridgehead atoms. The van der Waals surface area contributed by atoms with Crippen molar-refractivity contribution in [2.45, 2.75) is 37.9 Å². The van der Waals surface area contributed by atoms with Crippen LogP contribution in [0.3, 0.4) is 0 Å². The predicted octanol–water partition coefficient (Wildman–Crippen LogP) is 4.40. The van der Waals surface area contributed by atoms with Crippen LogP contribution < -0.4 is 5.32 Å². The van der Waals surface area contributed by atoms with Gasteiger partial charge in [-0.05, 0) is 30.9 Å². The molecule has 0 amide bonds. The number of piperazine rings is 1. The van der Waals surface area contributed by atoms with E-state index in [2.05, 4.69) is 10.2 Å². The van der Waals surface area contributed by atoms with Crippen LogP contribution in [0.2, 0.25) is 0 Å². The van der Waals surface area contributed by atoms with E-state index in [9.17, 15) is 17.6 Å². The van der Waals surface area contributed by atoms with Gasteiger partial charge < -0.3 is 5.32 Å². The normalized spacial score (nSPS) is 21.5. The molecule has 24 heavy (non-hydrogen) atoms. The quantitative estimate of drug-likeness (QED) is 0.797. The molecule has 0 radical (unpaired) electrons. The van der Waals surface area contributed by atoms with Gasteiger partial charge >= 0.3 is 6.18 Å². The molecule has 1 saturated heterocycles. The lowest BCUT2D eigenvalue weighted by Gasteiger charge is -2.38. The number of hydrogen-bond donors (Lipinski definition) is 1. The van der Waals surface area contributed by atoms with E-state index in [0.29, 0.717) is 17.5 Å². The zero-order valence-corrected chi connectivity index (χ0v) is 14.2. The molecule has 1 aromatic rings. The molecule has 0 spiro atoms. The maximum Gasteiger partial charge on any atom is 0.416 e. The molecule has 3 rings (SSSR count). The summed E-state index contributed by atoms with van der Waals surface area (Å²) in [4.78, 5) is 2.23. The first kappa shape index (κ1) is 19.5. The van der Waals surface area contributed by atoms with Crippen molar-refractivity contribution >= 4 is 12.4 Å². The van der Waals surface area contributed by atoms with Gasteiger partial charge in [-0.3, -0.25) is 4.90 Å². The van der Waals surface area contributed by atoms with Gasteiger partial charge in [0.15, 0.2) is 0 Å². The SMILES string of the molecule is Cl.Fc1cc(C(F)(F)F)ccc1[C@H](C1CCCC1)N1CCNCC1. The average Bonchev–Trinajstić information content (AvgIpc) is 3.03. The van der Waals surface area contributed by atoms with Crippen LogP contribution in [-0.4, -0.2) is 31.1 Å². The van der Waals surface area contributed by atoms with Crippen molar-refractivity contribution in [1.82, 2.24) is 10.2 Å². The maximum atomic E-state index is 14.5. The molecule has 0 aromatic heterocycles. The van der Waals surface area contributed by atoms with Crippen molar-refractivity contribution in [1.29, 1.82) is 0 Å².